The van der Waals surface area contributed by atoms with Crippen LogP contribution in [0.3, 0.4) is 0 Å². The molecule has 0 N–H and O–H groups in total. The molecule has 4 aromatic carbocycles. The van der Waals surface area contributed by atoms with Gasteiger partial charge >= 0.3 is 0 Å². The van der Waals surface area contributed by atoms with Crippen molar-refractivity contribution < 1.29 is 9.66 Å². The second kappa shape index (κ2) is 10.3. The van der Waals surface area contributed by atoms with Crippen molar-refractivity contribution in [2.45, 2.75) is 20.8 Å². The maximum Gasteiger partial charge on any atom is 0.269 e. The Kier molecular flexibility index (Phi) is 6.24. The number of benzene rings is 4. The lowest BCUT2D eigenvalue weighted by molar-refractivity contribution is -0.384. The maximum atomic E-state index is 11.3. The molecule has 0 aliphatic carbocycles. The Balaban J connectivity index is 1.23. The summed E-state index contributed by atoms with van der Waals surface area (Å²) in [6, 6.07) is 29.5. The second-order valence-corrected chi connectivity index (χ2v) is 10.7. The molecule has 0 fully saturated rings. The van der Waals surface area contributed by atoms with Crippen molar-refractivity contribution in [2.75, 3.05) is 0 Å². The topological polar surface area (TPSA) is 88.0 Å². The van der Waals surface area contributed by atoms with Gasteiger partial charge in [-0.2, -0.15) is 5.10 Å². The number of aromatic nitrogens is 4. The van der Waals surface area contributed by atoms with Gasteiger partial charge in [0, 0.05) is 53.0 Å². The van der Waals surface area contributed by atoms with Crippen LogP contribution in [-0.4, -0.2) is 24.3 Å². The fourth-order valence-electron chi connectivity index (χ4n) is 5.82. The minimum atomic E-state index is -0.366. The van der Waals surface area contributed by atoms with Gasteiger partial charge in [-0.15, -0.1) is 0 Å². The van der Waals surface area contributed by atoms with Crippen molar-refractivity contribution in [1.29, 1.82) is 0 Å². The van der Waals surface area contributed by atoms with Gasteiger partial charge in [0.15, 0.2) is 0 Å². The largest absolute Gasteiger partial charge is 0.457 e. The Morgan fingerprint density at radius 2 is 1.56 bits per heavy atom. The van der Waals surface area contributed by atoms with Crippen LogP contribution in [0.15, 0.2) is 110 Å². The van der Waals surface area contributed by atoms with Gasteiger partial charge in [0.05, 0.1) is 27.8 Å². The Labute approximate surface area is 247 Å². The van der Waals surface area contributed by atoms with Crippen molar-refractivity contribution in [2.24, 2.45) is 0 Å². The first-order chi connectivity index (χ1) is 20.9. The summed E-state index contributed by atoms with van der Waals surface area (Å²) in [7, 11) is 0. The number of nitrogens with zero attached hydrogens (tertiary/aromatic N) is 5. The summed E-state index contributed by atoms with van der Waals surface area (Å²) in [5.41, 5.74) is 7.65. The standard InChI is InChI=1S/C35H27N5O3/c1-22-13-14-36-34(15-22)39-32-10-5-4-9-30(32)31-12-11-29(19-33(31)39)43-28-8-6-7-26(18-28)38-21-25(20-37-38)35-23(2)16-27(40(41)42)17-24(35)3/h4-21H,1-3H3. The van der Waals surface area contributed by atoms with Crippen molar-refractivity contribution in [1.82, 2.24) is 19.3 Å². The number of aryl methyl sites for hydroxylation is 3. The molecule has 0 amide bonds. The van der Waals surface area contributed by atoms with E-state index in [1.807, 2.05) is 68.7 Å². The van der Waals surface area contributed by atoms with Crippen molar-refractivity contribution in [3.8, 4) is 34.1 Å². The minimum absolute atomic E-state index is 0.0877. The monoisotopic (exact) mass is 565 g/mol. The highest BCUT2D eigenvalue weighted by Crippen LogP contribution is 2.36. The first-order valence-electron chi connectivity index (χ1n) is 13.9. The zero-order valence-corrected chi connectivity index (χ0v) is 23.9. The quantitative estimate of drug-likeness (QED) is 0.149. The van der Waals surface area contributed by atoms with Crippen LogP contribution in [0.1, 0.15) is 16.7 Å². The van der Waals surface area contributed by atoms with Gasteiger partial charge in [-0.1, -0.05) is 24.3 Å². The van der Waals surface area contributed by atoms with Crippen LogP contribution < -0.4 is 4.74 Å². The number of non-ortho nitro benzene ring substituents is 1. The number of ether oxygens (including phenoxy) is 1. The molecule has 0 unspecified atom stereocenters. The molecular formula is C35H27N5O3. The number of para-hydroxylation sites is 1. The third-order valence-corrected chi connectivity index (χ3v) is 7.69. The number of hydrogen-bond donors (Lipinski definition) is 0. The van der Waals surface area contributed by atoms with E-state index in [1.165, 1.54) is 0 Å². The molecule has 0 radical (unpaired) electrons. The Hall–Kier alpha value is -5.76. The summed E-state index contributed by atoms with van der Waals surface area (Å²) in [6.07, 6.45) is 5.54. The van der Waals surface area contributed by atoms with Crippen LogP contribution in [0.5, 0.6) is 11.5 Å². The van der Waals surface area contributed by atoms with Gasteiger partial charge in [0.25, 0.3) is 5.69 Å². The normalized spacial score (nSPS) is 11.3. The second-order valence-electron chi connectivity index (χ2n) is 10.7. The van der Waals surface area contributed by atoms with E-state index in [2.05, 4.69) is 58.0 Å². The number of hydrogen-bond acceptors (Lipinski definition) is 5. The van der Waals surface area contributed by atoms with Gasteiger partial charge in [0.1, 0.15) is 17.3 Å². The highest BCUT2D eigenvalue weighted by molar-refractivity contribution is 6.09. The summed E-state index contributed by atoms with van der Waals surface area (Å²) in [4.78, 5) is 15.6. The highest BCUT2D eigenvalue weighted by atomic mass is 16.6. The van der Waals surface area contributed by atoms with Gasteiger partial charge in [0.2, 0.25) is 0 Å². The molecule has 0 atom stereocenters. The lowest BCUT2D eigenvalue weighted by Gasteiger charge is -2.10. The van der Waals surface area contributed by atoms with E-state index in [0.29, 0.717) is 11.5 Å². The predicted molar refractivity (Wildman–Crippen MR) is 169 cm³/mol. The molecule has 0 aliphatic rings. The Morgan fingerprint density at radius 3 is 2.35 bits per heavy atom. The number of pyridine rings is 1. The summed E-state index contributed by atoms with van der Waals surface area (Å²) < 4.78 is 10.3. The van der Waals surface area contributed by atoms with Gasteiger partial charge < -0.3 is 4.74 Å². The third-order valence-electron chi connectivity index (χ3n) is 7.69. The molecule has 7 aromatic rings. The summed E-state index contributed by atoms with van der Waals surface area (Å²) in [5, 5.41) is 18.1. The summed E-state index contributed by atoms with van der Waals surface area (Å²) in [5.74, 6) is 2.24. The van der Waals surface area contributed by atoms with E-state index in [1.54, 1.807) is 23.0 Å². The lowest BCUT2D eigenvalue weighted by Crippen LogP contribution is -1.97. The van der Waals surface area contributed by atoms with Crippen molar-refractivity contribution in [3.05, 3.63) is 136 Å². The van der Waals surface area contributed by atoms with Crippen LogP contribution >= 0.6 is 0 Å². The van der Waals surface area contributed by atoms with E-state index in [9.17, 15) is 10.1 Å². The van der Waals surface area contributed by atoms with Crippen LogP contribution in [0.4, 0.5) is 5.69 Å². The molecular weight excluding hydrogens is 538 g/mol. The molecule has 3 aromatic heterocycles. The van der Waals surface area contributed by atoms with Crippen LogP contribution in [0, 0.1) is 30.9 Å². The zero-order valence-electron chi connectivity index (χ0n) is 23.9. The third kappa shape index (κ3) is 4.68. The van der Waals surface area contributed by atoms with E-state index >= 15 is 0 Å². The molecule has 43 heavy (non-hydrogen) atoms. The van der Waals surface area contributed by atoms with Crippen LogP contribution in [0.2, 0.25) is 0 Å². The number of nitro groups is 1. The van der Waals surface area contributed by atoms with Gasteiger partial charge in [-0.3, -0.25) is 14.7 Å². The fourth-order valence-corrected chi connectivity index (χ4v) is 5.82. The first-order valence-corrected chi connectivity index (χ1v) is 13.9. The van der Waals surface area contributed by atoms with E-state index in [0.717, 1.165) is 61.1 Å². The SMILES string of the molecule is Cc1ccnc(-n2c3ccccc3c3ccc(Oc4cccc(-n5cc(-c6c(C)cc([N+](=O)[O-])cc6C)cn5)c4)cc32)c1. The van der Waals surface area contributed by atoms with Gasteiger partial charge in [-0.25, -0.2) is 9.67 Å². The molecule has 8 heteroatoms. The van der Waals surface area contributed by atoms with Crippen LogP contribution in [-0.2, 0) is 0 Å². The fraction of sp³-hybridized carbons (Fsp3) is 0.0857. The van der Waals surface area contributed by atoms with Crippen LogP contribution in [0.25, 0.3) is 44.4 Å². The predicted octanol–water partition coefficient (Wildman–Crippen LogP) is 8.66. The molecule has 7 rings (SSSR count). The van der Waals surface area contributed by atoms with Gasteiger partial charge in [-0.05, 0) is 85.5 Å². The lowest BCUT2D eigenvalue weighted by atomic mass is 9.97. The molecule has 8 nitrogen and oxygen atoms in total. The first kappa shape index (κ1) is 26.2. The zero-order chi connectivity index (χ0) is 29.7. The van der Waals surface area contributed by atoms with E-state index in [-0.39, 0.29) is 10.6 Å². The van der Waals surface area contributed by atoms with Crippen molar-refractivity contribution in [3.63, 3.8) is 0 Å². The summed E-state index contributed by atoms with van der Waals surface area (Å²) >= 11 is 0. The summed E-state index contributed by atoms with van der Waals surface area (Å²) in [6.45, 7) is 5.83. The highest BCUT2D eigenvalue weighted by Gasteiger charge is 2.16. The average molecular weight is 566 g/mol. The molecule has 210 valence electrons. The van der Waals surface area contributed by atoms with Crippen molar-refractivity contribution >= 4 is 27.5 Å². The minimum Gasteiger partial charge on any atom is -0.457 e. The number of fused-ring (bicyclic) bond motifs is 3. The maximum absolute atomic E-state index is 11.3. The molecule has 0 saturated heterocycles. The molecule has 0 aliphatic heterocycles. The molecule has 0 spiro atoms. The average Bonchev–Trinajstić information content (AvgIpc) is 3.60. The molecule has 0 saturated carbocycles. The van der Waals surface area contributed by atoms with E-state index < -0.39 is 0 Å². The number of nitro benzene ring substituents is 1. The number of rotatable bonds is 6. The van der Waals surface area contributed by atoms with E-state index in [4.69, 9.17) is 4.74 Å². The molecule has 0 bridgehead atoms. The smallest absolute Gasteiger partial charge is 0.269 e. The Bertz CT molecular complexity index is 2170. The molecule has 3 heterocycles. The Morgan fingerprint density at radius 1 is 0.791 bits per heavy atom.